The monoisotopic (exact) mass is 203 g/mol. The minimum absolute atomic E-state index is 0.892. The van der Waals surface area contributed by atoms with Gasteiger partial charge in [0.2, 0.25) is 0 Å². The maximum Gasteiger partial charge on any atom is -0.00518 e. The summed E-state index contributed by atoms with van der Waals surface area (Å²) in [7, 11) is 2.02. The van der Waals surface area contributed by atoms with Crippen molar-refractivity contribution in [2.45, 2.75) is 38.0 Å². The van der Waals surface area contributed by atoms with Crippen LogP contribution in [0.15, 0.2) is 24.3 Å². The minimum Gasteiger partial charge on any atom is -0.320 e. The van der Waals surface area contributed by atoms with Crippen LogP contribution in [0.4, 0.5) is 0 Å². The smallest absolute Gasteiger partial charge is 0.00518 e. The van der Waals surface area contributed by atoms with Gasteiger partial charge in [-0.05, 0) is 62.7 Å². The Hall–Kier alpha value is -0.820. The van der Waals surface area contributed by atoms with Crippen LogP contribution < -0.4 is 5.32 Å². The first-order valence-electron chi connectivity index (χ1n) is 6.13. The van der Waals surface area contributed by atoms with E-state index in [4.69, 9.17) is 0 Å². The van der Waals surface area contributed by atoms with Crippen molar-refractivity contribution in [3.8, 4) is 0 Å². The molecule has 0 radical (unpaired) electrons. The first-order valence-corrected chi connectivity index (χ1v) is 6.13. The molecule has 1 aromatic rings. The fraction of sp³-hybridized carbons (Fsp3) is 0.571. The molecule has 0 amide bonds. The van der Waals surface area contributed by atoms with E-state index in [0.717, 1.165) is 12.5 Å². The van der Waals surface area contributed by atoms with Crippen LogP contribution in [-0.4, -0.2) is 13.6 Å². The zero-order chi connectivity index (χ0) is 10.5. The molecule has 0 aliphatic heterocycles. The van der Waals surface area contributed by atoms with Gasteiger partial charge in [0.1, 0.15) is 0 Å². The van der Waals surface area contributed by atoms with Crippen molar-refractivity contribution in [2.75, 3.05) is 13.6 Å². The van der Waals surface area contributed by atoms with Crippen LogP contribution in [0.25, 0.3) is 0 Å². The lowest BCUT2D eigenvalue weighted by Crippen LogP contribution is -2.07. The van der Waals surface area contributed by atoms with Crippen LogP contribution in [0.3, 0.4) is 0 Å². The molecule has 82 valence electrons. The normalized spacial score (nSPS) is 15.5. The Labute approximate surface area is 92.9 Å². The number of rotatable bonds is 6. The molecule has 0 aromatic heterocycles. The van der Waals surface area contributed by atoms with Gasteiger partial charge < -0.3 is 5.32 Å². The van der Waals surface area contributed by atoms with Crippen LogP contribution >= 0.6 is 0 Å². The highest BCUT2D eigenvalue weighted by Gasteiger charge is 2.22. The molecule has 1 saturated carbocycles. The second kappa shape index (κ2) is 5.32. The van der Waals surface area contributed by atoms with Crippen LogP contribution in [0.5, 0.6) is 0 Å². The van der Waals surface area contributed by atoms with E-state index in [0.29, 0.717) is 0 Å². The van der Waals surface area contributed by atoms with Gasteiger partial charge >= 0.3 is 0 Å². The van der Waals surface area contributed by atoms with Gasteiger partial charge in [-0.1, -0.05) is 24.3 Å². The lowest BCUT2D eigenvalue weighted by Gasteiger charge is -2.03. The highest BCUT2D eigenvalue weighted by atomic mass is 14.8. The largest absolute Gasteiger partial charge is 0.320 e. The number of hydrogen-bond donors (Lipinski definition) is 1. The van der Waals surface area contributed by atoms with Gasteiger partial charge in [0.15, 0.2) is 0 Å². The molecule has 0 heterocycles. The van der Waals surface area contributed by atoms with E-state index in [9.17, 15) is 0 Å². The van der Waals surface area contributed by atoms with Gasteiger partial charge in [0, 0.05) is 0 Å². The SMILES string of the molecule is CNCCCCc1ccc(C2CC2)cc1. The summed E-state index contributed by atoms with van der Waals surface area (Å²) < 4.78 is 0. The quantitative estimate of drug-likeness (QED) is 0.700. The van der Waals surface area contributed by atoms with Crippen molar-refractivity contribution in [1.29, 1.82) is 0 Å². The first kappa shape index (κ1) is 10.7. The fourth-order valence-corrected chi connectivity index (χ4v) is 2.00. The number of benzene rings is 1. The van der Waals surface area contributed by atoms with Crippen molar-refractivity contribution < 1.29 is 0 Å². The molecule has 1 fully saturated rings. The van der Waals surface area contributed by atoms with Crippen LogP contribution in [0, 0.1) is 0 Å². The summed E-state index contributed by atoms with van der Waals surface area (Å²) in [6.07, 6.45) is 6.61. The predicted molar refractivity (Wildman–Crippen MR) is 65.3 cm³/mol. The Morgan fingerprint density at radius 2 is 1.87 bits per heavy atom. The van der Waals surface area contributed by atoms with Crippen LogP contribution in [0.1, 0.15) is 42.7 Å². The standard InChI is InChI=1S/C14H21N/c1-15-11-3-2-4-12-5-7-13(8-6-12)14-9-10-14/h5-8,14-15H,2-4,9-11H2,1H3. The average Bonchev–Trinajstić information content (AvgIpc) is 3.09. The van der Waals surface area contributed by atoms with Gasteiger partial charge in [0.25, 0.3) is 0 Å². The van der Waals surface area contributed by atoms with Crippen molar-refractivity contribution in [2.24, 2.45) is 0 Å². The molecule has 0 unspecified atom stereocenters. The fourth-order valence-electron chi connectivity index (χ4n) is 2.00. The van der Waals surface area contributed by atoms with Gasteiger partial charge in [-0.2, -0.15) is 0 Å². The number of nitrogens with one attached hydrogen (secondary N) is 1. The molecule has 2 rings (SSSR count). The molecule has 1 nitrogen and oxygen atoms in total. The highest BCUT2D eigenvalue weighted by Crippen LogP contribution is 2.39. The Morgan fingerprint density at radius 3 is 2.47 bits per heavy atom. The van der Waals surface area contributed by atoms with Gasteiger partial charge in [-0.15, -0.1) is 0 Å². The Bertz CT molecular complexity index is 285. The number of aryl methyl sites for hydroxylation is 1. The molecule has 1 aromatic carbocycles. The molecule has 1 N–H and O–H groups in total. The van der Waals surface area contributed by atoms with E-state index in [1.54, 1.807) is 5.56 Å². The van der Waals surface area contributed by atoms with E-state index >= 15 is 0 Å². The molecular weight excluding hydrogens is 182 g/mol. The lowest BCUT2D eigenvalue weighted by molar-refractivity contribution is 0.677. The molecular formula is C14H21N. The summed E-state index contributed by atoms with van der Waals surface area (Å²) in [6, 6.07) is 9.27. The van der Waals surface area contributed by atoms with Crippen molar-refractivity contribution in [3.63, 3.8) is 0 Å². The molecule has 0 saturated heterocycles. The molecule has 0 spiro atoms. The van der Waals surface area contributed by atoms with Gasteiger partial charge in [-0.3, -0.25) is 0 Å². The molecule has 15 heavy (non-hydrogen) atoms. The zero-order valence-electron chi connectivity index (χ0n) is 9.63. The zero-order valence-corrected chi connectivity index (χ0v) is 9.63. The van der Waals surface area contributed by atoms with Crippen molar-refractivity contribution in [3.05, 3.63) is 35.4 Å². The third-order valence-corrected chi connectivity index (χ3v) is 3.17. The second-order valence-electron chi connectivity index (χ2n) is 4.58. The predicted octanol–water partition coefficient (Wildman–Crippen LogP) is 3.11. The first-order chi connectivity index (χ1) is 7.40. The van der Waals surface area contributed by atoms with Crippen LogP contribution in [-0.2, 0) is 6.42 Å². The summed E-state index contributed by atoms with van der Waals surface area (Å²) in [5.74, 6) is 0.892. The van der Waals surface area contributed by atoms with E-state index in [2.05, 4.69) is 29.6 Å². The van der Waals surface area contributed by atoms with Gasteiger partial charge in [0.05, 0.1) is 0 Å². The topological polar surface area (TPSA) is 12.0 Å². The Morgan fingerprint density at radius 1 is 1.13 bits per heavy atom. The number of hydrogen-bond acceptors (Lipinski definition) is 1. The summed E-state index contributed by atoms with van der Waals surface area (Å²) >= 11 is 0. The minimum atomic E-state index is 0.892. The third kappa shape index (κ3) is 3.35. The van der Waals surface area contributed by atoms with Gasteiger partial charge in [-0.25, -0.2) is 0 Å². The summed E-state index contributed by atoms with van der Waals surface area (Å²) in [5, 5.41) is 3.19. The molecule has 1 aliphatic carbocycles. The number of unbranched alkanes of at least 4 members (excludes halogenated alkanes) is 1. The van der Waals surface area contributed by atoms with E-state index in [1.807, 2.05) is 7.05 Å². The summed E-state index contributed by atoms with van der Waals surface area (Å²) in [4.78, 5) is 0. The summed E-state index contributed by atoms with van der Waals surface area (Å²) in [6.45, 7) is 1.14. The van der Waals surface area contributed by atoms with Crippen LogP contribution in [0.2, 0.25) is 0 Å². The second-order valence-corrected chi connectivity index (χ2v) is 4.58. The van der Waals surface area contributed by atoms with E-state index in [1.165, 1.54) is 37.7 Å². The molecule has 1 heteroatoms. The lowest BCUT2D eigenvalue weighted by atomic mass is 10.0. The third-order valence-electron chi connectivity index (χ3n) is 3.17. The van der Waals surface area contributed by atoms with E-state index in [-0.39, 0.29) is 0 Å². The summed E-state index contributed by atoms with van der Waals surface area (Å²) in [5.41, 5.74) is 3.05. The molecule has 0 bridgehead atoms. The Kier molecular flexibility index (Phi) is 3.79. The Balaban J connectivity index is 1.76. The average molecular weight is 203 g/mol. The highest BCUT2D eigenvalue weighted by molar-refractivity contribution is 5.28. The van der Waals surface area contributed by atoms with Crippen molar-refractivity contribution in [1.82, 2.24) is 5.32 Å². The molecule has 1 aliphatic rings. The maximum atomic E-state index is 3.19. The van der Waals surface area contributed by atoms with Crippen molar-refractivity contribution >= 4 is 0 Å². The van der Waals surface area contributed by atoms with E-state index < -0.39 is 0 Å². The maximum absolute atomic E-state index is 3.19. The molecule has 0 atom stereocenters.